The van der Waals surface area contributed by atoms with Gasteiger partial charge in [-0.05, 0) is 32.4 Å². The van der Waals surface area contributed by atoms with Gasteiger partial charge in [-0.15, -0.1) is 0 Å². The summed E-state index contributed by atoms with van der Waals surface area (Å²) in [6.07, 6.45) is 0.881. The van der Waals surface area contributed by atoms with Gasteiger partial charge < -0.3 is 14.2 Å². The van der Waals surface area contributed by atoms with E-state index in [0.717, 1.165) is 24.4 Å². The summed E-state index contributed by atoms with van der Waals surface area (Å²) in [4.78, 5) is 32.4. The molecule has 0 atom stereocenters. The number of benzene rings is 1. The molecule has 4 rings (SSSR count). The molecule has 1 aliphatic rings. The molecule has 2 aromatic heterocycles. The summed E-state index contributed by atoms with van der Waals surface area (Å²) < 4.78 is 10.1. The molecule has 3 aromatic rings. The molecule has 0 amide bonds. The summed E-state index contributed by atoms with van der Waals surface area (Å²) in [5, 5.41) is 0. The van der Waals surface area contributed by atoms with Crippen LogP contribution in [0.3, 0.4) is 0 Å². The molecule has 8 nitrogen and oxygen atoms in total. The molecular weight excluding hydrogens is 346 g/mol. The highest BCUT2D eigenvalue weighted by molar-refractivity contribution is 5.77. The van der Waals surface area contributed by atoms with E-state index in [0.29, 0.717) is 36.7 Å². The van der Waals surface area contributed by atoms with Gasteiger partial charge in [0, 0.05) is 37.9 Å². The van der Waals surface area contributed by atoms with Crippen molar-refractivity contribution in [3.8, 4) is 5.75 Å². The zero-order chi connectivity index (χ0) is 19.1. The lowest BCUT2D eigenvalue weighted by Crippen LogP contribution is -2.40. The van der Waals surface area contributed by atoms with Crippen molar-refractivity contribution >= 4 is 22.8 Å². The number of rotatable bonds is 4. The van der Waals surface area contributed by atoms with Gasteiger partial charge in [-0.25, -0.2) is 4.79 Å². The van der Waals surface area contributed by atoms with Crippen molar-refractivity contribution in [3.05, 3.63) is 45.1 Å². The predicted octanol–water partition coefficient (Wildman–Crippen LogP) is 1.95. The molecule has 0 saturated carbocycles. The van der Waals surface area contributed by atoms with Gasteiger partial charge in [-0.3, -0.25) is 13.9 Å². The molecule has 0 spiro atoms. The molecule has 0 fully saturated rings. The fourth-order valence-electron chi connectivity index (χ4n) is 3.77. The highest BCUT2D eigenvalue weighted by atomic mass is 16.5. The van der Waals surface area contributed by atoms with E-state index in [1.54, 1.807) is 11.7 Å². The van der Waals surface area contributed by atoms with Crippen molar-refractivity contribution in [1.29, 1.82) is 0 Å². The van der Waals surface area contributed by atoms with Gasteiger partial charge in [0.1, 0.15) is 5.75 Å². The number of hydrogen-bond donors (Lipinski definition) is 0. The van der Waals surface area contributed by atoms with Crippen LogP contribution in [0.1, 0.15) is 20.3 Å². The van der Waals surface area contributed by atoms with Crippen molar-refractivity contribution in [2.24, 2.45) is 0 Å². The first-order valence-electron chi connectivity index (χ1n) is 9.26. The largest absolute Gasteiger partial charge is 0.497 e. The predicted molar refractivity (Wildman–Crippen MR) is 104 cm³/mol. The molecule has 0 N–H and O–H groups in total. The lowest BCUT2D eigenvalue weighted by Gasteiger charge is -2.29. The topological polar surface area (TPSA) is 74.3 Å². The number of anilines is 2. The number of hydrogen-bond acceptors (Lipinski definition) is 5. The smallest absolute Gasteiger partial charge is 0.332 e. The molecule has 0 bridgehead atoms. The maximum Gasteiger partial charge on any atom is 0.332 e. The second kappa shape index (κ2) is 6.61. The summed E-state index contributed by atoms with van der Waals surface area (Å²) in [5.74, 6) is 1.46. The first kappa shape index (κ1) is 17.4. The fourth-order valence-corrected chi connectivity index (χ4v) is 3.77. The monoisotopic (exact) mass is 369 g/mol. The average Bonchev–Trinajstić information content (AvgIpc) is 3.08. The highest BCUT2D eigenvalue weighted by Crippen LogP contribution is 2.32. The van der Waals surface area contributed by atoms with E-state index in [4.69, 9.17) is 9.72 Å². The minimum Gasteiger partial charge on any atom is -0.497 e. The molecule has 0 aliphatic carbocycles. The van der Waals surface area contributed by atoms with Gasteiger partial charge in [0.25, 0.3) is 5.56 Å². The standard InChI is InChI=1S/C19H23N5O3/c1-4-21-16-15(17(25)22(5-2)19(21)26)24-11-7-10-23(18(24)20-16)13-8-6-9-14(12-13)27-3/h6,8-9,12H,4-5,7,10-11H2,1-3H3. The van der Waals surface area contributed by atoms with E-state index in [1.807, 2.05) is 42.7 Å². The van der Waals surface area contributed by atoms with Crippen LogP contribution in [0.2, 0.25) is 0 Å². The molecule has 142 valence electrons. The van der Waals surface area contributed by atoms with Gasteiger partial charge in [-0.2, -0.15) is 4.98 Å². The maximum absolute atomic E-state index is 13.0. The maximum atomic E-state index is 13.0. The van der Waals surface area contributed by atoms with E-state index in [2.05, 4.69) is 4.90 Å². The third kappa shape index (κ3) is 2.55. The molecule has 1 aromatic carbocycles. The third-order valence-electron chi connectivity index (χ3n) is 5.10. The molecule has 0 radical (unpaired) electrons. The molecule has 0 saturated heterocycles. The second-order valence-electron chi connectivity index (χ2n) is 6.52. The van der Waals surface area contributed by atoms with Crippen LogP contribution in [0.4, 0.5) is 11.6 Å². The van der Waals surface area contributed by atoms with E-state index >= 15 is 0 Å². The highest BCUT2D eigenvalue weighted by Gasteiger charge is 2.27. The van der Waals surface area contributed by atoms with Crippen LogP contribution in [0.5, 0.6) is 5.75 Å². The van der Waals surface area contributed by atoms with Crippen molar-refractivity contribution in [2.75, 3.05) is 18.6 Å². The van der Waals surface area contributed by atoms with Crippen LogP contribution < -0.4 is 20.9 Å². The number of imidazole rings is 1. The van der Waals surface area contributed by atoms with Gasteiger partial charge >= 0.3 is 5.69 Å². The summed E-state index contributed by atoms with van der Waals surface area (Å²) in [6, 6.07) is 7.77. The van der Waals surface area contributed by atoms with Crippen LogP contribution in [-0.4, -0.2) is 32.3 Å². The van der Waals surface area contributed by atoms with Crippen LogP contribution >= 0.6 is 0 Å². The van der Waals surface area contributed by atoms with E-state index in [9.17, 15) is 9.59 Å². The Bertz CT molecular complexity index is 1120. The quantitative estimate of drug-likeness (QED) is 0.703. The Kier molecular flexibility index (Phi) is 4.25. The van der Waals surface area contributed by atoms with Crippen LogP contribution in [0.25, 0.3) is 11.2 Å². The van der Waals surface area contributed by atoms with Crippen molar-refractivity contribution in [3.63, 3.8) is 0 Å². The fraction of sp³-hybridized carbons (Fsp3) is 0.421. The Hall–Kier alpha value is -3.03. The normalized spacial score (nSPS) is 13.8. The lowest BCUT2D eigenvalue weighted by atomic mass is 10.2. The minimum atomic E-state index is -0.305. The Morgan fingerprint density at radius 1 is 1.11 bits per heavy atom. The van der Waals surface area contributed by atoms with Gasteiger partial charge in [0.2, 0.25) is 5.95 Å². The number of ether oxygens (including phenoxy) is 1. The SMILES string of the molecule is CCn1c(=O)c2c(nc3n2CCCN3c2cccc(OC)c2)n(CC)c1=O. The Morgan fingerprint density at radius 2 is 1.89 bits per heavy atom. The van der Waals surface area contributed by atoms with E-state index < -0.39 is 0 Å². The van der Waals surface area contributed by atoms with Gasteiger partial charge in [0.05, 0.1) is 7.11 Å². The number of fused-ring (bicyclic) bond motifs is 3. The Morgan fingerprint density at radius 3 is 2.59 bits per heavy atom. The number of methoxy groups -OCH3 is 1. The summed E-state index contributed by atoms with van der Waals surface area (Å²) >= 11 is 0. The van der Waals surface area contributed by atoms with Crippen LogP contribution in [0, 0.1) is 0 Å². The van der Waals surface area contributed by atoms with Crippen LogP contribution in [-0.2, 0) is 19.6 Å². The van der Waals surface area contributed by atoms with Crippen LogP contribution in [0.15, 0.2) is 33.9 Å². The van der Waals surface area contributed by atoms with Crippen molar-refractivity contribution in [1.82, 2.24) is 18.7 Å². The van der Waals surface area contributed by atoms with Gasteiger partial charge in [0.15, 0.2) is 11.2 Å². The van der Waals surface area contributed by atoms with Gasteiger partial charge in [-0.1, -0.05) is 6.07 Å². The first-order valence-corrected chi connectivity index (χ1v) is 9.26. The zero-order valence-electron chi connectivity index (χ0n) is 15.8. The van der Waals surface area contributed by atoms with Crippen molar-refractivity contribution in [2.45, 2.75) is 39.9 Å². The molecular formula is C19H23N5O3. The molecule has 3 heterocycles. The summed E-state index contributed by atoms with van der Waals surface area (Å²) in [6.45, 7) is 6.00. The number of nitrogens with zero attached hydrogens (tertiary/aromatic N) is 5. The molecule has 1 aliphatic heterocycles. The lowest BCUT2D eigenvalue weighted by molar-refractivity contribution is 0.415. The summed E-state index contributed by atoms with van der Waals surface area (Å²) in [5.41, 5.74) is 1.34. The van der Waals surface area contributed by atoms with E-state index in [-0.39, 0.29) is 11.2 Å². The minimum absolute atomic E-state index is 0.270. The second-order valence-corrected chi connectivity index (χ2v) is 6.52. The number of aromatic nitrogens is 4. The first-order chi connectivity index (χ1) is 13.1. The molecule has 0 unspecified atom stereocenters. The van der Waals surface area contributed by atoms with Crippen molar-refractivity contribution < 1.29 is 4.74 Å². The average molecular weight is 369 g/mol. The Balaban J connectivity index is 2.00. The van der Waals surface area contributed by atoms with E-state index in [1.165, 1.54) is 4.57 Å². The zero-order valence-corrected chi connectivity index (χ0v) is 15.8. The molecule has 8 heteroatoms. The third-order valence-corrected chi connectivity index (χ3v) is 5.10. The molecule has 27 heavy (non-hydrogen) atoms. The Labute approximate surface area is 156 Å². The summed E-state index contributed by atoms with van der Waals surface area (Å²) in [7, 11) is 1.64. The number of aryl methyl sites for hydroxylation is 2.